The van der Waals surface area contributed by atoms with Crippen LogP contribution in [0.3, 0.4) is 0 Å². The molecular weight excluding hydrogens is 502 g/mol. The minimum Gasteiger partial charge on any atom is -0.459 e. The Kier molecular flexibility index (Phi) is 7.05. The van der Waals surface area contributed by atoms with Crippen molar-refractivity contribution in [1.82, 2.24) is 15.1 Å². The van der Waals surface area contributed by atoms with E-state index in [1.54, 1.807) is 22.4 Å². The molecule has 9 nitrogen and oxygen atoms in total. The fourth-order valence-corrected chi connectivity index (χ4v) is 5.76. The molecule has 0 aliphatic carbocycles. The van der Waals surface area contributed by atoms with Crippen LogP contribution in [0.4, 0.5) is 0 Å². The monoisotopic (exact) mass is 521 g/mol. The van der Waals surface area contributed by atoms with E-state index in [1.807, 2.05) is 0 Å². The molecular formula is C22H20ClN3O6S2. The summed E-state index contributed by atoms with van der Waals surface area (Å²) in [4.78, 5) is 41.9. The fraction of sp³-hybridized carbons (Fsp3) is 0.227. The van der Waals surface area contributed by atoms with Crippen molar-refractivity contribution in [3.8, 4) is 0 Å². The van der Waals surface area contributed by atoms with Crippen molar-refractivity contribution in [3.63, 3.8) is 0 Å². The van der Waals surface area contributed by atoms with Crippen molar-refractivity contribution in [2.75, 3.05) is 26.2 Å². The van der Waals surface area contributed by atoms with E-state index in [0.29, 0.717) is 9.90 Å². The number of hydrogen-bond donors (Lipinski definition) is 1. The molecule has 178 valence electrons. The van der Waals surface area contributed by atoms with Gasteiger partial charge in [-0.05, 0) is 47.8 Å². The maximum absolute atomic E-state index is 13.4. The Morgan fingerprint density at radius 1 is 0.971 bits per heavy atom. The van der Waals surface area contributed by atoms with Gasteiger partial charge >= 0.3 is 0 Å². The van der Waals surface area contributed by atoms with Gasteiger partial charge in [0, 0.05) is 31.2 Å². The molecule has 1 fully saturated rings. The summed E-state index contributed by atoms with van der Waals surface area (Å²) in [5.74, 6) is -1.90. The summed E-state index contributed by atoms with van der Waals surface area (Å²) in [7, 11) is -4.32. The van der Waals surface area contributed by atoms with Gasteiger partial charge in [-0.25, -0.2) is 8.42 Å². The summed E-state index contributed by atoms with van der Waals surface area (Å²) >= 11 is 7.20. The number of furan rings is 1. The Morgan fingerprint density at radius 3 is 2.24 bits per heavy atom. The van der Waals surface area contributed by atoms with E-state index in [1.165, 1.54) is 58.9 Å². The second-order valence-corrected chi connectivity index (χ2v) is 10.8. The molecule has 3 aromatic rings. The first-order valence-corrected chi connectivity index (χ1v) is 13.0. The first kappa shape index (κ1) is 24.0. The van der Waals surface area contributed by atoms with Crippen molar-refractivity contribution in [2.45, 2.75) is 10.3 Å². The van der Waals surface area contributed by atoms with Gasteiger partial charge in [0.15, 0.2) is 5.76 Å². The topological polar surface area (TPSA) is 117 Å². The third-order valence-corrected chi connectivity index (χ3v) is 8.27. The van der Waals surface area contributed by atoms with Gasteiger partial charge in [0.25, 0.3) is 17.7 Å². The summed E-state index contributed by atoms with van der Waals surface area (Å²) in [5, 5.41) is 2.55. The maximum atomic E-state index is 13.4. The maximum Gasteiger partial charge on any atom is 0.288 e. The quantitative estimate of drug-likeness (QED) is 0.532. The minimum atomic E-state index is -4.32. The molecule has 1 aliphatic rings. The van der Waals surface area contributed by atoms with Crippen LogP contribution in [0.25, 0.3) is 0 Å². The standard InChI is InChI=1S/C22H20ClN3O6S2/c23-15-5-7-16(8-6-15)34(30,31)20(24-19(27)17-3-1-13-32-17)22(29)26-11-9-25(10-12-26)21(28)18-4-2-14-33-18/h1-8,13-14,20H,9-12H2,(H,24,27). The lowest BCUT2D eigenvalue weighted by atomic mass is 10.3. The summed E-state index contributed by atoms with van der Waals surface area (Å²) in [6.45, 7) is 0.725. The Balaban J connectivity index is 1.55. The second-order valence-electron chi connectivity index (χ2n) is 7.42. The summed E-state index contributed by atoms with van der Waals surface area (Å²) in [5.41, 5.74) is 0. The third-order valence-electron chi connectivity index (χ3n) is 5.29. The smallest absolute Gasteiger partial charge is 0.288 e. The second kappa shape index (κ2) is 10.00. The normalized spacial score (nSPS) is 15.1. The molecule has 0 radical (unpaired) electrons. The van der Waals surface area contributed by atoms with Gasteiger partial charge in [-0.2, -0.15) is 0 Å². The van der Waals surface area contributed by atoms with E-state index in [-0.39, 0.29) is 42.7 Å². The lowest BCUT2D eigenvalue weighted by molar-refractivity contribution is -0.132. The Labute approximate surface area is 204 Å². The zero-order valence-electron chi connectivity index (χ0n) is 17.7. The van der Waals surface area contributed by atoms with Crippen LogP contribution < -0.4 is 5.32 Å². The molecule has 0 spiro atoms. The van der Waals surface area contributed by atoms with Crippen LogP contribution in [0, 0.1) is 0 Å². The van der Waals surface area contributed by atoms with Gasteiger partial charge in [-0.1, -0.05) is 17.7 Å². The molecule has 34 heavy (non-hydrogen) atoms. The summed E-state index contributed by atoms with van der Waals surface area (Å²) < 4.78 is 31.8. The van der Waals surface area contributed by atoms with Gasteiger partial charge in [0.2, 0.25) is 15.2 Å². The van der Waals surface area contributed by atoms with E-state index in [2.05, 4.69) is 5.32 Å². The molecule has 1 aromatic carbocycles. The van der Waals surface area contributed by atoms with Crippen LogP contribution >= 0.6 is 22.9 Å². The molecule has 1 unspecified atom stereocenters. The predicted molar refractivity (Wildman–Crippen MR) is 125 cm³/mol. The number of halogens is 1. The van der Waals surface area contributed by atoms with E-state index in [4.69, 9.17) is 16.0 Å². The Bertz CT molecular complexity index is 1270. The molecule has 12 heteroatoms. The average molecular weight is 522 g/mol. The SMILES string of the molecule is O=C(NC(C(=O)N1CCN(C(=O)c2cccs2)CC1)S(=O)(=O)c1ccc(Cl)cc1)c1ccco1. The number of hydrogen-bond acceptors (Lipinski definition) is 7. The number of piperazine rings is 1. The number of carbonyl (C=O) groups excluding carboxylic acids is 3. The zero-order chi connectivity index (χ0) is 24.3. The third kappa shape index (κ3) is 5.01. The highest BCUT2D eigenvalue weighted by atomic mass is 35.5. The molecule has 0 saturated carbocycles. The van der Waals surface area contributed by atoms with Gasteiger partial charge in [0.1, 0.15) is 0 Å². The van der Waals surface area contributed by atoms with Gasteiger partial charge in [-0.15, -0.1) is 11.3 Å². The Hall–Kier alpha value is -3.15. The highest BCUT2D eigenvalue weighted by Gasteiger charge is 2.40. The number of thiophene rings is 1. The number of carbonyl (C=O) groups is 3. The van der Waals surface area contributed by atoms with Gasteiger partial charge in [0.05, 0.1) is 16.0 Å². The van der Waals surface area contributed by atoms with Crippen molar-refractivity contribution in [3.05, 3.63) is 75.8 Å². The van der Waals surface area contributed by atoms with Crippen LogP contribution in [-0.2, 0) is 14.6 Å². The molecule has 1 atom stereocenters. The number of sulfone groups is 1. The van der Waals surface area contributed by atoms with Crippen molar-refractivity contribution >= 4 is 50.5 Å². The highest BCUT2D eigenvalue weighted by Crippen LogP contribution is 2.21. The molecule has 0 bridgehead atoms. The van der Waals surface area contributed by atoms with Crippen LogP contribution in [0.2, 0.25) is 5.02 Å². The van der Waals surface area contributed by atoms with Crippen LogP contribution in [0.15, 0.2) is 69.5 Å². The first-order valence-electron chi connectivity index (χ1n) is 10.2. The van der Waals surface area contributed by atoms with Gasteiger partial charge < -0.3 is 19.5 Å². The molecule has 1 aliphatic heterocycles. The number of rotatable bonds is 6. The molecule has 1 N–H and O–H groups in total. The zero-order valence-corrected chi connectivity index (χ0v) is 20.1. The van der Waals surface area contributed by atoms with Crippen LogP contribution in [0.1, 0.15) is 20.2 Å². The van der Waals surface area contributed by atoms with E-state index < -0.39 is 27.0 Å². The Morgan fingerprint density at radius 2 is 1.65 bits per heavy atom. The molecule has 3 amide bonds. The summed E-state index contributed by atoms with van der Waals surface area (Å²) in [6, 6.07) is 11.7. The van der Waals surface area contributed by atoms with Crippen molar-refractivity contribution < 1.29 is 27.2 Å². The van der Waals surface area contributed by atoms with Crippen molar-refractivity contribution in [2.24, 2.45) is 0 Å². The number of nitrogens with zero attached hydrogens (tertiary/aromatic N) is 2. The number of nitrogens with one attached hydrogen (secondary N) is 1. The van der Waals surface area contributed by atoms with Crippen LogP contribution in [-0.4, -0.2) is 67.5 Å². The number of benzene rings is 1. The lowest BCUT2D eigenvalue weighted by Crippen LogP contribution is -2.57. The predicted octanol–water partition coefficient (Wildman–Crippen LogP) is 2.51. The molecule has 3 heterocycles. The van der Waals surface area contributed by atoms with Crippen LogP contribution in [0.5, 0.6) is 0 Å². The first-order chi connectivity index (χ1) is 16.3. The molecule has 1 saturated heterocycles. The minimum absolute atomic E-state index is 0.124. The van der Waals surface area contributed by atoms with E-state index in [0.717, 1.165) is 0 Å². The largest absolute Gasteiger partial charge is 0.459 e. The van der Waals surface area contributed by atoms with E-state index in [9.17, 15) is 22.8 Å². The fourth-order valence-electron chi connectivity index (χ4n) is 3.48. The van der Waals surface area contributed by atoms with Crippen molar-refractivity contribution in [1.29, 1.82) is 0 Å². The number of amides is 3. The van der Waals surface area contributed by atoms with Gasteiger partial charge in [-0.3, -0.25) is 14.4 Å². The lowest BCUT2D eigenvalue weighted by Gasteiger charge is -2.36. The van der Waals surface area contributed by atoms with E-state index >= 15 is 0 Å². The molecule has 2 aromatic heterocycles. The summed E-state index contributed by atoms with van der Waals surface area (Å²) in [6.07, 6.45) is 1.27. The molecule has 4 rings (SSSR count). The average Bonchev–Trinajstić information content (AvgIpc) is 3.57. The highest BCUT2D eigenvalue weighted by molar-refractivity contribution is 7.92.